The second kappa shape index (κ2) is 8.95. The largest absolute Gasteiger partial charge is 0.494 e. The van der Waals surface area contributed by atoms with Crippen molar-refractivity contribution in [3.05, 3.63) is 53.8 Å². The zero-order valence-electron chi connectivity index (χ0n) is 16.6. The van der Waals surface area contributed by atoms with E-state index in [2.05, 4.69) is 5.32 Å². The number of rotatable bonds is 7. The molecule has 0 bridgehead atoms. The van der Waals surface area contributed by atoms with E-state index in [1.165, 1.54) is 13.0 Å². The maximum atomic E-state index is 14.4. The number of hydrogen-bond acceptors (Lipinski definition) is 4. The van der Waals surface area contributed by atoms with Gasteiger partial charge in [-0.3, -0.25) is 4.79 Å². The molecule has 0 spiro atoms. The third kappa shape index (κ3) is 4.94. The summed E-state index contributed by atoms with van der Waals surface area (Å²) in [5.41, 5.74) is 1.60. The minimum atomic E-state index is -0.275. The van der Waals surface area contributed by atoms with Gasteiger partial charge in [-0.15, -0.1) is 0 Å². The molecule has 6 heteroatoms. The molecule has 2 aromatic carbocycles. The van der Waals surface area contributed by atoms with Crippen molar-refractivity contribution in [2.75, 3.05) is 24.6 Å². The van der Waals surface area contributed by atoms with Crippen LogP contribution in [0.1, 0.15) is 38.8 Å². The number of anilines is 1. The second-order valence-electron chi connectivity index (χ2n) is 7.01. The molecule has 0 aromatic heterocycles. The van der Waals surface area contributed by atoms with Crippen molar-refractivity contribution in [3.63, 3.8) is 0 Å². The molecule has 1 saturated heterocycles. The topological polar surface area (TPSA) is 50.8 Å². The van der Waals surface area contributed by atoms with Gasteiger partial charge in [0, 0.05) is 26.0 Å². The molecular formula is C22H27FN2O3. The molecule has 1 heterocycles. The summed E-state index contributed by atoms with van der Waals surface area (Å²) in [4.78, 5) is 13.2. The van der Waals surface area contributed by atoms with E-state index < -0.39 is 0 Å². The van der Waals surface area contributed by atoms with Gasteiger partial charge in [-0.2, -0.15) is 0 Å². The number of hydrogen-bond donors (Lipinski definition) is 1. The van der Waals surface area contributed by atoms with Crippen LogP contribution in [0.15, 0.2) is 42.5 Å². The number of nitrogens with one attached hydrogen (secondary N) is 1. The minimum absolute atomic E-state index is 0.00425. The normalized spacial score (nSPS) is 17.3. The molecule has 1 amide bonds. The highest BCUT2D eigenvalue weighted by atomic mass is 19.1. The Hall–Kier alpha value is -2.76. The Bertz CT molecular complexity index is 810. The Balaban J connectivity index is 1.58. The van der Waals surface area contributed by atoms with Crippen LogP contribution in [0.4, 0.5) is 10.1 Å². The Morgan fingerprint density at radius 2 is 1.96 bits per heavy atom. The highest BCUT2D eigenvalue weighted by Gasteiger charge is 2.26. The van der Waals surface area contributed by atoms with Crippen molar-refractivity contribution in [2.45, 2.75) is 39.3 Å². The SMILES string of the molecule is CCOc1ccc(N2CCC(Oc3ccc([C@H](C)NC(C)=O)cc3)C2)c(F)c1. The smallest absolute Gasteiger partial charge is 0.217 e. The van der Waals surface area contributed by atoms with E-state index in [0.29, 0.717) is 24.6 Å². The van der Waals surface area contributed by atoms with Crippen molar-refractivity contribution < 1.29 is 18.7 Å². The first-order chi connectivity index (χ1) is 13.5. The molecule has 0 aliphatic carbocycles. The van der Waals surface area contributed by atoms with E-state index in [0.717, 1.165) is 24.3 Å². The van der Waals surface area contributed by atoms with Crippen molar-refractivity contribution in [1.82, 2.24) is 5.32 Å². The summed E-state index contributed by atoms with van der Waals surface area (Å²) in [7, 11) is 0. The molecule has 28 heavy (non-hydrogen) atoms. The van der Waals surface area contributed by atoms with Crippen LogP contribution < -0.4 is 19.7 Å². The average molecular weight is 386 g/mol. The van der Waals surface area contributed by atoms with Crippen molar-refractivity contribution in [3.8, 4) is 11.5 Å². The predicted molar refractivity (Wildman–Crippen MR) is 107 cm³/mol. The third-order valence-corrected chi connectivity index (χ3v) is 4.82. The summed E-state index contributed by atoms with van der Waals surface area (Å²) in [5, 5.41) is 2.86. The predicted octanol–water partition coefficient (Wildman–Crippen LogP) is 4.08. The average Bonchev–Trinajstić information content (AvgIpc) is 3.10. The highest BCUT2D eigenvalue weighted by Crippen LogP contribution is 2.29. The first-order valence-corrected chi connectivity index (χ1v) is 9.67. The van der Waals surface area contributed by atoms with Gasteiger partial charge < -0.3 is 19.7 Å². The van der Waals surface area contributed by atoms with Crippen LogP contribution in [-0.4, -0.2) is 31.7 Å². The zero-order valence-corrected chi connectivity index (χ0v) is 16.6. The fourth-order valence-corrected chi connectivity index (χ4v) is 3.46. The van der Waals surface area contributed by atoms with E-state index >= 15 is 0 Å². The van der Waals surface area contributed by atoms with Gasteiger partial charge in [0.2, 0.25) is 5.91 Å². The lowest BCUT2D eigenvalue weighted by Gasteiger charge is -2.20. The molecule has 0 radical (unpaired) electrons. The molecule has 3 rings (SSSR count). The first kappa shape index (κ1) is 20.0. The Morgan fingerprint density at radius 3 is 2.61 bits per heavy atom. The molecular weight excluding hydrogens is 359 g/mol. The van der Waals surface area contributed by atoms with E-state index in [9.17, 15) is 9.18 Å². The number of carbonyl (C=O) groups excluding carboxylic acids is 1. The van der Waals surface area contributed by atoms with Crippen LogP contribution in [0.2, 0.25) is 0 Å². The van der Waals surface area contributed by atoms with Gasteiger partial charge in [0.05, 0.1) is 24.9 Å². The fourth-order valence-electron chi connectivity index (χ4n) is 3.46. The lowest BCUT2D eigenvalue weighted by Crippen LogP contribution is -2.25. The molecule has 1 unspecified atom stereocenters. The molecule has 1 fully saturated rings. The molecule has 1 aliphatic rings. The molecule has 0 saturated carbocycles. The molecule has 2 atom stereocenters. The fraction of sp³-hybridized carbons (Fsp3) is 0.409. The number of ether oxygens (including phenoxy) is 2. The lowest BCUT2D eigenvalue weighted by molar-refractivity contribution is -0.119. The van der Waals surface area contributed by atoms with Crippen LogP contribution >= 0.6 is 0 Å². The van der Waals surface area contributed by atoms with Crippen LogP contribution in [0, 0.1) is 5.82 Å². The molecule has 150 valence electrons. The highest BCUT2D eigenvalue weighted by molar-refractivity contribution is 5.73. The molecule has 5 nitrogen and oxygen atoms in total. The number of halogens is 1. The van der Waals surface area contributed by atoms with E-state index in [4.69, 9.17) is 9.47 Å². The van der Waals surface area contributed by atoms with Gasteiger partial charge in [0.15, 0.2) is 0 Å². The first-order valence-electron chi connectivity index (χ1n) is 9.67. The van der Waals surface area contributed by atoms with Crippen LogP contribution in [0.5, 0.6) is 11.5 Å². The van der Waals surface area contributed by atoms with Gasteiger partial charge >= 0.3 is 0 Å². The van der Waals surface area contributed by atoms with Gasteiger partial charge in [-0.1, -0.05) is 12.1 Å². The summed E-state index contributed by atoms with van der Waals surface area (Å²) < 4.78 is 25.8. The molecule has 1 N–H and O–H groups in total. The number of amides is 1. The maximum absolute atomic E-state index is 14.4. The van der Waals surface area contributed by atoms with E-state index in [-0.39, 0.29) is 23.9 Å². The summed E-state index contributed by atoms with van der Waals surface area (Å²) in [6.07, 6.45) is 0.834. The standard InChI is InChI=1S/C22H27FN2O3/c1-4-27-19-9-10-22(21(23)13-19)25-12-11-20(14-25)28-18-7-5-17(6-8-18)15(2)24-16(3)26/h5-10,13,15,20H,4,11-12,14H2,1-3H3,(H,24,26)/t15-,20?/m0/s1. The van der Waals surface area contributed by atoms with Gasteiger partial charge in [-0.25, -0.2) is 4.39 Å². The Labute approximate surface area is 165 Å². The maximum Gasteiger partial charge on any atom is 0.217 e. The summed E-state index contributed by atoms with van der Waals surface area (Å²) in [6, 6.07) is 12.7. The van der Waals surface area contributed by atoms with Crippen molar-refractivity contribution in [2.24, 2.45) is 0 Å². The van der Waals surface area contributed by atoms with Gasteiger partial charge in [0.25, 0.3) is 0 Å². The quantitative estimate of drug-likeness (QED) is 0.779. The van der Waals surface area contributed by atoms with Crippen molar-refractivity contribution >= 4 is 11.6 Å². The van der Waals surface area contributed by atoms with Gasteiger partial charge in [-0.05, 0) is 43.7 Å². The second-order valence-corrected chi connectivity index (χ2v) is 7.01. The number of carbonyl (C=O) groups is 1. The van der Waals surface area contributed by atoms with Crippen LogP contribution in [0.3, 0.4) is 0 Å². The third-order valence-electron chi connectivity index (χ3n) is 4.82. The van der Waals surface area contributed by atoms with Crippen LogP contribution in [-0.2, 0) is 4.79 Å². The summed E-state index contributed by atoms with van der Waals surface area (Å²) >= 11 is 0. The van der Waals surface area contributed by atoms with Crippen molar-refractivity contribution in [1.29, 1.82) is 0 Å². The lowest BCUT2D eigenvalue weighted by atomic mass is 10.1. The van der Waals surface area contributed by atoms with Gasteiger partial charge in [0.1, 0.15) is 23.4 Å². The van der Waals surface area contributed by atoms with Crippen LogP contribution in [0.25, 0.3) is 0 Å². The van der Waals surface area contributed by atoms with E-state index in [1.807, 2.05) is 43.0 Å². The summed E-state index contributed by atoms with van der Waals surface area (Å²) in [6.45, 7) is 7.22. The van der Waals surface area contributed by atoms with E-state index in [1.54, 1.807) is 12.1 Å². The zero-order chi connectivity index (χ0) is 20.1. The Morgan fingerprint density at radius 1 is 1.25 bits per heavy atom. The monoisotopic (exact) mass is 386 g/mol. The molecule has 2 aromatic rings. The Kier molecular flexibility index (Phi) is 6.39. The minimum Gasteiger partial charge on any atom is -0.494 e. The summed E-state index contributed by atoms with van der Waals surface area (Å²) in [5.74, 6) is 0.991. The number of benzene rings is 2. The number of nitrogens with zero attached hydrogens (tertiary/aromatic N) is 1. The molecule has 1 aliphatic heterocycles.